The Labute approximate surface area is 238 Å². The van der Waals surface area contributed by atoms with E-state index in [1.807, 2.05) is 0 Å². The van der Waals surface area contributed by atoms with Gasteiger partial charge in [-0.15, -0.1) is 0 Å². The zero-order chi connectivity index (χ0) is 28.4. The van der Waals surface area contributed by atoms with E-state index in [4.69, 9.17) is 0 Å². The molecule has 7 nitrogen and oxygen atoms in total. The van der Waals surface area contributed by atoms with Gasteiger partial charge in [0.25, 0.3) is 0 Å². The first-order chi connectivity index (χ1) is 19.7. The van der Waals surface area contributed by atoms with Gasteiger partial charge in [0.15, 0.2) is 0 Å². The summed E-state index contributed by atoms with van der Waals surface area (Å²) in [4.78, 5) is 24.8. The van der Waals surface area contributed by atoms with E-state index in [1.54, 1.807) is 35.4 Å². The first kappa shape index (κ1) is 27.0. The van der Waals surface area contributed by atoms with E-state index >= 15 is 0 Å². The molecule has 1 N–H and O–H groups in total. The van der Waals surface area contributed by atoms with Crippen molar-refractivity contribution >= 4 is 22.5 Å². The number of piperidine rings is 1. The quantitative estimate of drug-likeness (QED) is 0.562. The normalized spacial score (nSPS) is 32.5. The van der Waals surface area contributed by atoms with Crippen molar-refractivity contribution in [3.8, 4) is 6.07 Å². The van der Waals surface area contributed by atoms with Gasteiger partial charge in [0, 0.05) is 75.2 Å². The van der Waals surface area contributed by atoms with E-state index in [0.29, 0.717) is 28.2 Å². The number of amides is 1. The Bertz CT molecular complexity index is 1370. The lowest BCUT2D eigenvalue weighted by Gasteiger charge is -2.42. The lowest BCUT2D eigenvalue weighted by atomic mass is 9.88. The molecule has 3 heterocycles. The summed E-state index contributed by atoms with van der Waals surface area (Å²) in [6, 6.07) is 9.33. The highest BCUT2D eigenvalue weighted by Gasteiger charge is 2.86. The van der Waals surface area contributed by atoms with E-state index in [0.717, 1.165) is 57.8 Å². The minimum atomic E-state index is -4.49. The fourth-order valence-electron chi connectivity index (χ4n) is 8.00. The molecule has 0 bridgehead atoms. The molecule has 3 aliphatic carbocycles. The van der Waals surface area contributed by atoms with E-state index in [9.17, 15) is 23.2 Å². The number of piperazine rings is 1. The Morgan fingerprint density at radius 2 is 1.80 bits per heavy atom. The molecule has 5 fully saturated rings. The molecular weight excluding hydrogens is 529 g/mol. The van der Waals surface area contributed by atoms with Crippen LogP contribution in [0, 0.1) is 28.1 Å². The number of nitrogens with zero attached hydrogens (tertiary/aromatic N) is 5. The van der Waals surface area contributed by atoms with Crippen LogP contribution in [0.4, 0.5) is 18.9 Å². The second kappa shape index (κ2) is 9.84. The van der Waals surface area contributed by atoms with Crippen molar-refractivity contribution < 1.29 is 18.0 Å². The fraction of sp³-hybridized carbons (Fsp3) is 0.645. The number of halogens is 3. The Balaban J connectivity index is 1.01. The number of fused-ring (bicyclic) bond motifs is 2. The molecule has 1 aromatic carbocycles. The summed E-state index contributed by atoms with van der Waals surface area (Å²) < 4.78 is 43.7. The standard InChI is InChI=1S/C31H37F3N6O/c32-31(33,34)30-18-29(30,19-40(20-30)26-10-5-22(16-35)27-25(26)2-1-11-36-27)28(41)37-23-6-8-24(9-7-23)39-14-12-38(13-15-39)17-21-3-4-21/h1-2,5,10-11,21,23-24H,3-4,6-9,12-15,17-20H2,(H,37,41)/t23-,24+,29-,30-/m1/s1. The third kappa shape index (κ3) is 4.56. The number of rotatable bonds is 6. The monoisotopic (exact) mass is 566 g/mol. The summed E-state index contributed by atoms with van der Waals surface area (Å²) in [5.74, 6) is 0.459. The highest BCUT2D eigenvalue weighted by Crippen LogP contribution is 2.75. The molecule has 5 aliphatic rings. The lowest BCUT2D eigenvalue weighted by molar-refractivity contribution is -0.191. The number of alkyl halides is 3. The summed E-state index contributed by atoms with van der Waals surface area (Å²) in [5.41, 5.74) is -2.10. The molecule has 1 aromatic heterocycles. The summed E-state index contributed by atoms with van der Waals surface area (Å²) in [7, 11) is 0. The Morgan fingerprint density at radius 3 is 2.49 bits per heavy atom. The zero-order valence-electron chi connectivity index (χ0n) is 23.3. The average molecular weight is 567 g/mol. The van der Waals surface area contributed by atoms with Gasteiger partial charge < -0.3 is 15.1 Å². The molecule has 218 valence electrons. The highest BCUT2D eigenvalue weighted by molar-refractivity contribution is 5.97. The van der Waals surface area contributed by atoms with Gasteiger partial charge >= 0.3 is 6.18 Å². The van der Waals surface area contributed by atoms with Crippen molar-refractivity contribution in [3.05, 3.63) is 36.0 Å². The molecule has 2 aliphatic heterocycles. The van der Waals surface area contributed by atoms with Gasteiger partial charge in [-0.1, -0.05) is 0 Å². The van der Waals surface area contributed by atoms with E-state index in [-0.39, 0.29) is 25.6 Å². The summed E-state index contributed by atoms with van der Waals surface area (Å²) in [5, 5.41) is 13.2. The molecule has 41 heavy (non-hydrogen) atoms. The number of aromatic nitrogens is 1. The van der Waals surface area contributed by atoms with Crippen molar-refractivity contribution in [3.63, 3.8) is 0 Å². The molecule has 3 saturated carbocycles. The van der Waals surface area contributed by atoms with Gasteiger partial charge in [-0.05, 0) is 75.1 Å². The number of carbonyl (C=O) groups excluding carboxylic acids is 1. The summed E-state index contributed by atoms with van der Waals surface area (Å²) in [6.45, 7) is 5.39. The van der Waals surface area contributed by atoms with E-state index < -0.39 is 22.9 Å². The third-order valence-electron chi connectivity index (χ3n) is 10.7. The molecule has 0 unspecified atom stereocenters. The first-order valence-electron chi connectivity index (χ1n) is 15.1. The van der Waals surface area contributed by atoms with Crippen LogP contribution in [0.5, 0.6) is 0 Å². The number of hydrogen-bond acceptors (Lipinski definition) is 6. The van der Waals surface area contributed by atoms with Crippen molar-refractivity contribution in [2.24, 2.45) is 16.7 Å². The molecule has 7 rings (SSSR count). The van der Waals surface area contributed by atoms with Crippen LogP contribution in [0.3, 0.4) is 0 Å². The fourth-order valence-corrected chi connectivity index (χ4v) is 8.00. The van der Waals surface area contributed by atoms with Gasteiger partial charge in [-0.3, -0.25) is 14.7 Å². The first-order valence-corrected chi connectivity index (χ1v) is 15.1. The maximum atomic E-state index is 14.6. The molecule has 0 spiro atoms. The SMILES string of the molecule is N#Cc1ccc(N2C[C@@]3(C(=O)N[C@H]4CC[C@@H](N5CCN(CC6CC6)CC5)CC4)C[C@@]3(C(F)(F)F)C2)c2cccnc12. The molecule has 10 heteroatoms. The second-order valence-electron chi connectivity index (χ2n) is 13.1. The van der Waals surface area contributed by atoms with Gasteiger partial charge in [-0.2, -0.15) is 18.4 Å². The van der Waals surface area contributed by atoms with Gasteiger partial charge in [-0.25, -0.2) is 0 Å². The summed E-state index contributed by atoms with van der Waals surface area (Å²) >= 11 is 0. The number of carbonyl (C=O) groups is 1. The number of nitriles is 1. The summed E-state index contributed by atoms with van der Waals surface area (Å²) in [6.07, 6.45) is 3.24. The van der Waals surface area contributed by atoms with Crippen LogP contribution >= 0.6 is 0 Å². The Kier molecular flexibility index (Phi) is 6.47. The smallest absolute Gasteiger partial charge is 0.369 e. The van der Waals surface area contributed by atoms with Crippen molar-refractivity contribution in [2.75, 3.05) is 50.7 Å². The predicted octanol–water partition coefficient (Wildman–Crippen LogP) is 4.32. The number of benzene rings is 1. The maximum Gasteiger partial charge on any atom is 0.397 e. The molecule has 2 saturated heterocycles. The number of pyridine rings is 1. The third-order valence-corrected chi connectivity index (χ3v) is 10.7. The minimum absolute atomic E-state index is 0.00865. The lowest BCUT2D eigenvalue weighted by Crippen LogP contribution is -2.53. The van der Waals surface area contributed by atoms with Crippen LogP contribution in [0.1, 0.15) is 50.5 Å². The van der Waals surface area contributed by atoms with Crippen LogP contribution < -0.4 is 10.2 Å². The van der Waals surface area contributed by atoms with E-state index in [1.165, 1.54) is 19.4 Å². The van der Waals surface area contributed by atoms with Gasteiger partial charge in [0.2, 0.25) is 5.91 Å². The molecular formula is C31H37F3N6O. The Hall–Kier alpha value is -2.90. The highest BCUT2D eigenvalue weighted by atomic mass is 19.4. The van der Waals surface area contributed by atoms with Crippen LogP contribution in [0.15, 0.2) is 30.5 Å². The number of hydrogen-bond donors (Lipinski definition) is 1. The van der Waals surface area contributed by atoms with Crippen molar-refractivity contribution in [1.29, 1.82) is 5.26 Å². The maximum absolute atomic E-state index is 14.6. The van der Waals surface area contributed by atoms with Crippen LogP contribution in [-0.2, 0) is 4.79 Å². The van der Waals surface area contributed by atoms with E-state index in [2.05, 4.69) is 26.2 Å². The van der Waals surface area contributed by atoms with Crippen molar-refractivity contribution in [1.82, 2.24) is 20.1 Å². The second-order valence-corrected chi connectivity index (χ2v) is 13.1. The van der Waals surface area contributed by atoms with Crippen LogP contribution in [0.25, 0.3) is 10.9 Å². The molecule has 2 aromatic rings. The zero-order valence-corrected chi connectivity index (χ0v) is 23.3. The van der Waals surface area contributed by atoms with Gasteiger partial charge in [0.1, 0.15) is 11.5 Å². The predicted molar refractivity (Wildman–Crippen MR) is 149 cm³/mol. The minimum Gasteiger partial charge on any atom is -0.369 e. The number of anilines is 1. The number of nitrogens with one attached hydrogen (secondary N) is 1. The van der Waals surface area contributed by atoms with Crippen LogP contribution in [-0.4, -0.2) is 84.8 Å². The molecule has 0 radical (unpaired) electrons. The van der Waals surface area contributed by atoms with Crippen LogP contribution in [0.2, 0.25) is 0 Å². The Morgan fingerprint density at radius 1 is 1.05 bits per heavy atom. The molecule has 1 amide bonds. The topological polar surface area (TPSA) is 75.5 Å². The largest absolute Gasteiger partial charge is 0.397 e. The van der Waals surface area contributed by atoms with Gasteiger partial charge in [0.05, 0.1) is 16.5 Å². The molecule has 2 atom stereocenters. The average Bonchev–Trinajstić information content (AvgIpc) is 3.89. The van der Waals surface area contributed by atoms with Crippen molar-refractivity contribution in [2.45, 2.75) is 63.2 Å².